The number of hydrogen-bond donors (Lipinski definition) is 0. The van der Waals surface area contributed by atoms with Crippen LogP contribution in [0.3, 0.4) is 0 Å². The van der Waals surface area contributed by atoms with Gasteiger partial charge in [0.15, 0.2) is 11.5 Å². The van der Waals surface area contributed by atoms with Crippen LogP contribution in [0.15, 0.2) is 61.1 Å². The van der Waals surface area contributed by atoms with Gasteiger partial charge in [-0.3, -0.25) is 9.78 Å². The minimum atomic E-state index is -3.03. The highest BCUT2D eigenvalue weighted by atomic mass is 35.5. The van der Waals surface area contributed by atoms with Gasteiger partial charge in [-0.2, -0.15) is 14.0 Å². The van der Waals surface area contributed by atoms with Crippen LogP contribution in [0.25, 0.3) is 10.9 Å². The number of carbonyl (C=O) groups excluding carboxylic acids is 1. The van der Waals surface area contributed by atoms with Crippen LogP contribution in [0.2, 0.25) is 10.0 Å². The lowest BCUT2D eigenvalue weighted by Gasteiger charge is -2.22. The van der Waals surface area contributed by atoms with E-state index in [-0.39, 0.29) is 24.5 Å². The van der Waals surface area contributed by atoms with Crippen LogP contribution in [-0.2, 0) is 22.5 Å². The minimum Gasteiger partial charge on any atom is -0.489 e. The molecule has 0 amide bonds. The largest absolute Gasteiger partial charge is 0.489 e. The van der Waals surface area contributed by atoms with Crippen molar-refractivity contribution in [2.45, 2.75) is 38.5 Å². The molecular formula is C29H23Cl2F2N3O4. The van der Waals surface area contributed by atoms with Crippen molar-refractivity contribution in [3.8, 4) is 17.6 Å². The van der Waals surface area contributed by atoms with Crippen LogP contribution in [0.5, 0.6) is 11.5 Å². The number of ether oxygens (including phenoxy) is 3. The van der Waals surface area contributed by atoms with E-state index < -0.39 is 18.7 Å². The third kappa shape index (κ3) is 6.64. The second-order valence-electron chi connectivity index (χ2n) is 9.43. The van der Waals surface area contributed by atoms with Crippen molar-refractivity contribution in [1.29, 1.82) is 5.26 Å². The van der Waals surface area contributed by atoms with E-state index >= 15 is 0 Å². The monoisotopic (exact) mass is 585 g/mol. The lowest BCUT2D eigenvalue weighted by Crippen LogP contribution is -2.19. The summed E-state index contributed by atoms with van der Waals surface area (Å²) in [6.45, 7) is -2.77. The number of halogens is 4. The summed E-state index contributed by atoms with van der Waals surface area (Å²) in [4.78, 5) is 17.2. The molecule has 7 nitrogen and oxygen atoms in total. The molecule has 0 spiro atoms. The normalized spacial score (nSPS) is 13.7. The Morgan fingerprint density at radius 1 is 1.10 bits per heavy atom. The zero-order chi connectivity index (χ0) is 28.2. The number of benzene rings is 2. The van der Waals surface area contributed by atoms with Gasteiger partial charge in [-0.05, 0) is 66.3 Å². The van der Waals surface area contributed by atoms with Crippen molar-refractivity contribution in [3.63, 3.8) is 0 Å². The molecule has 11 heteroatoms. The van der Waals surface area contributed by atoms with Crippen molar-refractivity contribution in [1.82, 2.24) is 9.55 Å². The standard InChI is InChI=1S/C29H23Cl2F2N3O4/c30-22-13-35-14-23(31)21(22)11-26(20-4-6-25(40-29(32)33)27(10-20)38-16-17-1-2-17)39-28(37)15-36-8-7-19-9-18(12-34)3-5-24(19)36/h3-10,13-14,17,26,29H,1-2,11,15-16H2/t26-/m0/s1. The van der Waals surface area contributed by atoms with E-state index in [0.717, 1.165) is 23.7 Å². The van der Waals surface area contributed by atoms with Gasteiger partial charge in [0.25, 0.3) is 0 Å². The average Bonchev–Trinajstić information content (AvgIpc) is 3.68. The first-order valence-corrected chi connectivity index (χ1v) is 13.2. The van der Waals surface area contributed by atoms with E-state index in [1.54, 1.807) is 29.0 Å². The van der Waals surface area contributed by atoms with Crippen LogP contribution in [0.4, 0.5) is 8.78 Å². The molecule has 2 aromatic heterocycles. The Bertz CT molecular complexity index is 1560. The van der Waals surface area contributed by atoms with E-state index in [9.17, 15) is 13.6 Å². The molecule has 1 aliphatic rings. The van der Waals surface area contributed by atoms with Gasteiger partial charge in [0.1, 0.15) is 12.6 Å². The van der Waals surface area contributed by atoms with Gasteiger partial charge < -0.3 is 18.8 Å². The number of nitriles is 1. The Balaban J connectivity index is 1.44. The molecule has 0 saturated heterocycles. The maximum atomic E-state index is 13.2. The number of rotatable bonds is 11. The number of alkyl halides is 2. The maximum absolute atomic E-state index is 13.2. The molecule has 0 bridgehead atoms. The van der Waals surface area contributed by atoms with Gasteiger partial charge in [0.05, 0.1) is 28.3 Å². The molecule has 0 unspecified atom stereocenters. The molecule has 1 saturated carbocycles. The van der Waals surface area contributed by atoms with Crippen LogP contribution in [0, 0.1) is 17.2 Å². The molecule has 1 atom stereocenters. The van der Waals surface area contributed by atoms with Crippen LogP contribution in [0.1, 0.15) is 35.6 Å². The third-order valence-corrected chi connectivity index (χ3v) is 7.19. The van der Waals surface area contributed by atoms with E-state index in [1.165, 1.54) is 30.6 Å². The first kappa shape index (κ1) is 27.7. The number of nitrogens with zero attached hydrogens (tertiary/aromatic N) is 3. The average molecular weight is 586 g/mol. The van der Waals surface area contributed by atoms with Crippen LogP contribution < -0.4 is 9.47 Å². The molecule has 206 valence electrons. The Morgan fingerprint density at radius 3 is 2.58 bits per heavy atom. The van der Waals surface area contributed by atoms with E-state index in [1.807, 2.05) is 6.07 Å². The highest BCUT2D eigenvalue weighted by Gasteiger charge is 2.26. The van der Waals surface area contributed by atoms with Gasteiger partial charge >= 0.3 is 12.6 Å². The molecule has 5 rings (SSSR count). The fourth-order valence-electron chi connectivity index (χ4n) is 4.31. The summed E-state index contributed by atoms with van der Waals surface area (Å²) < 4.78 is 44.2. The number of fused-ring (bicyclic) bond motifs is 1. The Labute approximate surface area is 238 Å². The molecule has 40 heavy (non-hydrogen) atoms. The van der Waals surface area contributed by atoms with Crippen LogP contribution in [-0.4, -0.2) is 28.7 Å². The Morgan fingerprint density at radius 2 is 1.88 bits per heavy atom. The Hall–Kier alpha value is -3.87. The topological polar surface area (TPSA) is 86.4 Å². The molecule has 2 aromatic carbocycles. The van der Waals surface area contributed by atoms with E-state index in [4.69, 9.17) is 37.9 Å². The second kappa shape index (κ2) is 12.1. The second-order valence-corrected chi connectivity index (χ2v) is 10.2. The quantitative estimate of drug-likeness (QED) is 0.174. The number of hydrogen-bond acceptors (Lipinski definition) is 6. The predicted octanol–water partition coefficient (Wildman–Crippen LogP) is 7.13. The zero-order valence-electron chi connectivity index (χ0n) is 21.0. The summed E-state index contributed by atoms with van der Waals surface area (Å²) in [6, 6.07) is 13.5. The van der Waals surface area contributed by atoms with Crippen molar-refractivity contribution in [2.75, 3.05) is 6.61 Å². The summed E-state index contributed by atoms with van der Waals surface area (Å²) in [5, 5.41) is 10.5. The van der Waals surface area contributed by atoms with Gasteiger partial charge in [-0.15, -0.1) is 0 Å². The zero-order valence-corrected chi connectivity index (χ0v) is 22.5. The highest BCUT2D eigenvalue weighted by Crippen LogP contribution is 2.38. The lowest BCUT2D eigenvalue weighted by atomic mass is 10.0. The maximum Gasteiger partial charge on any atom is 0.387 e. The first-order valence-electron chi connectivity index (χ1n) is 12.5. The van der Waals surface area contributed by atoms with Crippen LogP contribution >= 0.6 is 23.2 Å². The van der Waals surface area contributed by atoms with Crippen molar-refractivity contribution >= 4 is 40.1 Å². The molecule has 1 fully saturated rings. The Kier molecular flexibility index (Phi) is 8.38. The number of aromatic nitrogens is 2. The molecule has 2 heterocycles. The number of carbonyl (C=O) groups is 1. The van der Waals surface area contributed by atoms with Gasteiger partial charge in [0.2, 0.25) is 0 Å². The fourth-order valence-corrected chi connectivity index (χ4v) is 4.83. The molecule has 0 N–H and O–H groups in total. The van der Waals surface area contributed by atoms with Crippen molar-refractivity contribution in [3.05, 3.63) is 87.8 Å². The smallest absolute Gasteiger partial charge is 0.387 e. The third-order valence-electron chi connectivity index (χ3n) is 6.54. The molecular weight excluding hydrogens is 563 g/mol. The summed E-state index contributed by atoms with van der Waals surface area (Å²) >= 11 is 12.7. The SMILES string of the molecule is N#Cc1ccc2c(ccn2CC(=O)O[C@@H](Cc2c(Cl)cncc2Cl)c2ccc(OC(F)F)c(OCC3CC3)c2)c1. The molecule has 4 aromatic rings. The van der Waals surface area contributed by atoms with Gasteiger partial charge in [-0.1, -0.05) is 29.3 Å². The first-order chi connectivity index (χ1) is 19.3. The van der Waals surface area contributed by atoms with E-state index in [2.05, 4.69) is 15.8 Å². The number of esters is 1. The lowest BCUT2D eigenvalue weighted by molar-refractivity contribution is -0.150. The summed E-state index contributed by atoms with van der Waals surface area (Å²) in [6.07, 6.45) is 5.84. The molecule has 0 radical (unpaired) electrons. The minimum absolute atomic E-state index is 0.0982. The molecule has 0 aliphatic heterocycles. The highest BCUT2D eigenvalue weighted by molar-refractivity contribution is 6.35. The summed E-state index contributed by atoms with van der Waals surface area (Å²) in [7, 11) is 0. The predicted molar refractivity (Wildman–Crippen MR) is 145 cm³/mol. The van der Waals surface area contributed by atoms with Crippen molar-refractivity contribution in [2.24, 2.45) is 5.92 Å². The van der Waals surface area contributed by atoms with Gasteiger partial charge in [-0.25, -0.2) is 0 Å². The van der Waals surface area contributed by atoms with Gasteiger partial charge in [0, 0.05) is 35.9 Å². The summed E-state index contributed by atoms with van der Waals surface area (Å²) in [5.41, 5.74) is 2.27. The van der Waals surface area contributed by atoms with Crippen molar-refractivity contribution < 1.29 is 27.8 Å². The summed E-state index contributed by atoms with van der Waals surface area (Å²) in [5.74, 6) is -0.171. The molecule has 1 aliphatic carbocycles. The van der Waals surface area contributed by atoms with E-state index in [0.29, 0.717) is 39.3 Å². The fraction of sp³-hybridized carbons (Fsp3) is 0.276. The number of pyridine rings is 1.